The van der Waals surface area contributed by atoms with E-state index >= 15 is 0 Å². The second-order valence-electron chi connectivity index (χ2n) is 8.29. The lowest BCUT2D eigenvalue weighted by atomic mass is 10.1. The molecule has 0 spiro atoms. The van der Waals surface area contributed by atoms with E-state index in [2.05, 4.69) is 5.32 Å². The molecular formula is C25H30Cl2N2O4. The Morgan fingerprint density at radius 3 is 2.36 bits per heavy atom. The fourth-order valence-corrected chi connectivity index (χ4v) is 4.31. The smallest absolute Gasteiger partial charge is 0.243 e. The Morgan fingerprint density at radius 1 is 1.06 bits per heavy atom. The van der Waals surface area contributed by atoms with Gasteiger partial charge in [-0.3, -0.25) is 9.59 Å². The Bertz CT molecular complexity index is 976. The molecule has 0 saturated carbocycles. The first-order chi connectivity index (χ1) is 15.8. The van der Waals surface area contributed by atoms with Crippen molar-refractivity contribution in [2.24, 2.45) is 0 Å². The quantitative estimate of drug-likeness (QED) is 0.532. The van der Waals surface area contributed by atoms with Crippen molar-refractivity contribution in [1.82, 2.24) is 10.2 Å². The van der Waals surface area contributed by atoms with E-state index in [1.807, 2.05) is 39.0 Å². The Morgan fingerprint density at radius 2 is 1.73 bits per heavy atom. The third-order valence-corrected chi connectivity index (χ3v) is 6.15. The van der Waals surface area contributed by atoms with E-state index in [0.717, 1.165) is 5.56 Å². The molecule has 2 aromatic rings. The number of ether oxygens (including phenoxy) is 2. The first-order valence-electron chi connectivity index (χ1n) is 11.2. The predicted octanol–water partition coefficient (Wildman–Crippen LogP) is 5.03. The molecule has 1 aliphatic rings. The van der Waals surface area contributed by atoms with Crippen molar-refractivity contribution in [3.8, 4) is 11.5 Å². The summed E-state index contributed by atoms with van der Waals surface area (Å²) >= 11 is 12.8. The van der Waals surface area contributed by atoms with Crippen molar-refractivity contribution < 1.29 is 19.1 Å². The average Bonchev–Trinajstić information content (AvgIpc) is 2.78. The number of aryl methyl sites for hydroxylation is 1. The van der Waals surface area contributed by atoms with Gasteiger partial charge < -0.3 is 19.7 Å². The zero-order chi connectivity index (χ0) is 24.0. The van der Waals surface area contributed by atoms with E-state index in [1.54, 1.807) is 23.1 Å². The van der Waals surface area contributed by atoms with Crippen molar-refractivity contribution in [2.75, 3.05) is 13.2 Å². The summed E-state index contributed by atoms with van der Waals surface area (Å²) in [4.78, 5) is 27.9. The maximum atomic E-state index is 13.4. The molecule has 178 valence electrons. The molecule has 1 N–H and O–H groups in total. The maximum absolute atomic E-state index is 13.4. The van der Waals surface area contributed by atoms with Crippen molar-refractivity contribution in [3.05, 3.63) is 57.6 Å². The summed E-state index contributed by atoms with van der Waals surface area (Å²) in [6, 6.07) is 10.2. The number of halogens is 2. The summed E-state index contributed by atoms with van der Waals surface area (Å²) in [7, 11) is 0. The van der Waals surface area contributed by atoms with Crippen LogP contribution >= 0.6 is 23.2 Å². The van der Waals surface area contributed by atoms with E-state index in [0.29, 0.717) is 53.2 Å². The number of fused-ring (bicyclic) bond motifs is 1. The molecule has 3 rings (SSSR count). The molecule has 2 aromatic carbocycles. The predicted molar refractivity (Wildman–Crippen MR) is 130 cm³/mol. The van der Waals surface area contributed by atoms with Gasteiger partial charge >= 0.3 is 0 Å². The molecule has 0 aromatic heterocycles. The topological polar surface area (TPSA) is 67.9 Å². The lowest BCUT2D eigenvalue weighted by Crippen LogP contribution is -2.50. The van der Waals surface area contributed by atoms with E-state index in [-0.39, 0.29) is 30.8 Å². The first-order valence-corrected chi connectivity index (χ1v) is 12.0. The van der Waals surface area contributed by atoms with Crippen LogP contribution in [0.2, 0.25) is 10.0 Å². The minimum absolute atomic E-state index is 0.0369. The standard InChI is InChI=1S/C25H30Cl2N2O4/c1-4-21(25(31)28-16(2)3)29(15-18-19(26)6-5-7-20(18)27)24(30)11-9-17-8-10-22-23(14-17)33-13-12-32-22/h5-8,10,14,16,21H,4,9,11-13,15H2,1-3H3,(H,28,31)/t21-/m1/s1. The molecule has 0 aliphatic carbocycles. The van der Waals surface area contributed by atoms with Crippen molar-refractivity contribution in [2.45, 2.75) is 58.7 Å². The van der Waals surface area contributed by atoms with Crippen LogP contribution in [-0.4, -0.2) is 42.0 Å². The zero-order valence-electron chi connectivity index (χ0n) is 19.2. The van der Waals surface area contributed by atoms with Crippen molar-refractivity contribution in [3.63, 3.8) is 0 Å². The maximum Gasteiger partial charge on any atom is 0.243 e. The number of amides is 2. The van der Waals surface area contributed by atoms with Gasteiger partial charge in [0.15, 0.2) is 11.5 Å². The largest absolute Gasteiger partial charge is 0.486 e. The Kier molecular flexibility index (Phi) is 8.87. The van der Waals surface area contributed by atoms with Crippen molar-refractivity contribution in [1.29, 1.82) is 0 Å². The van der Waals surface area contributed by atoms with Gasteiger partial charge in [0.2, 0.25) is 11.8 Å². The summed E-state index contributed by atoms with van der Waals surface area (Å²) < 4.78 is 11.2. The molecule has 33 heavy (non-hydrogen) atoms. The van der Waals surface area contributed by atoms with Gasteiger partial charge in [-0.25, -0.2) is 0 Å². The van der Waals surface area contributed by atoms with Crippen molar-refractivity contribution >= 4 is 35.0 Å². The van der Waals surface area contributed by atoms with Gasteiger partial charge in [0.25, 0.3) is 0 Å². The Labute approximate surface area is 205 Å². The second kappa shape index (κ2) is 11.6. The third-order valence-electron chi connectivity index (χ3n) is 5.44. The molecule has 8 heteroatoms. The lowest BCUT2D eigenvalue weighted by Gasteiger charge is -2.32. The Balaban J connectivity index is 1.81. The molecule has 1 heterocycles. The van der Waals surface area contributed by atoms with Crippen LogP contribution in [0.4, 0.5) is 0 Å². The normalized spacial score (nSPS) is 13.5. The van der Waals surface area contributed by atoms with Crippen LogP contribution in [0.1, 0.15) is 44.7 Å². The van der Waals surface area contributed by atoms with Crippen LogP contribution in [0.5, 0.6) is 11.5 Å². The number of hydrogen-bond acceptors (Lipinski definition) is 4. The van der Waals surface area contributed by atoms with Gasteiger partial charge in [-0.05, 0) is 56.5 Å². The third kappa shape index (κ3) is 6.55. The lowest BCUT2D eigenvalue weighted by molar-refractivity contribution is -0.141. The van der Waals surface area contributed by atoms with Crippen LogP contribution < -0.4 is 14.8 Å². The fraction of sp³-hybridized carbons (Fsp3) is 0.440. The summed E-state index contributed by atoms with van der Waals surface area (Å²) in [5, 5.41) is 3.85. The molecule has 0 fully saturated rings. The number of rotatable bonds is 9. The molecule has 6 nitrogen and oxygen atoms in total. The van der Waals surface area contributed by atoms with E-state index in [4.69, 9.17) is 32.7 Å². The molecule has 0 bridgehead atoms. The number of nitrogens with zero attached hydrogens (tertiary/aromatic N) is 1. The SMILES string of the molecule is CC[C@H](C(=O)NC(C)C)N(Cc1c(Cl)cccc1Cl)C(=O)CCc1ccc2c(c1)OCCO2. The van der Waals surface area contributed by atoms with E-state index < -0.39 is 6.04 Å². The van der Waals surface area contributed by atoms with Crippen LogP contribution in [0.15, 0.2) is 36.4 Å². The van der Waals surface area contributed by atoms with Crippen LogP contribution in [0.3, 0.4) is 0 Å². The van der Waals surface area contributed by atoms with Gasteiger partial charge in [0, 0.05) is 34.6 Å². The zero-order valence-corrected chi connectivity index (χ0v) is 20.7. The number of hydrogen-bond donors (Lipinski definition) is 1. The molecular weight excluding hydrogens is 463 g/mol. The van der Waals surface area contributed by atoms with E-state index in [1.165, 1.54) is 0 Å². The summed E-state index contributed by atoms with van der Waals surface area (Å²) in [5.41, 5.74) is 1.59. The summed E-state index contributed by atoms with van der Waals surface area (Å²) in [5.74, 6) is 1.06. The number of benzene rings is 2. The van der Waals surface area contributed by atoms with Gasteiger partial charge in [-0.2, -0.15) is 0 Å². The highest BCUT2D eigenvalue weighted by molar-refractivity contribution is 6.36. The molecule has 0 radical (unpaired) electrons. The van der Waals surface area contributed by atoms with Gasteiger partial charge in [-0.1, -0.05) is 42.3 Å². The van der Waals surface area contributed by atoms with Gasteiger partial charge in [0.05, 0.1) is 0 Å². The molecule has 2 amide bonds. The number of nitrogens with one attached hydrogen (secondary N) is 1. The molecule has 0 saturated heterocycles. The highest BCUT2D eigenvalue weighted by Gasteiger charge is 2.30. The summed E-state index contributed by atoms with van der Waals surface area (Å²) in [6.07, 6.45) is 1.20. The number of carbonyl (C=O) groups excluding carboxylic acids is 2. The molecule has 1 aliphatic heterocycles. The summed E-state index contributed by atoms with van der Waals surface area (Å²) in [6.45, 7) is 6.86. The highest BCUT2D eigenvalue weighted by Crippen LogP contribution is 2.31. The van der Waals surface area contributed by atoms with Gasteiger partial charge in [0.1, 0.15) is 19.3 Å². The fourth-order valence-electron chi connectivity index (χ4n) is 3.79. The number of carbonyl (C=O) groups is 2. The minimum Gasteiger partial charge on any atom is -0.486 e. The van der Waals surface area contributed by atoms with Crippen LogP contribution in [0, 0.1) is 0 Å². The van der Waals surface area contributed by atoms with Crippen LogP contribution in [-0.2, 0) is 22.6 Å². The Hall–Kier alpha value is -2.44. The highest BCUT2D eigenvalue weighted by atomic mass is 35.5. The first kappa shape index (κ1) is 25.2. The van der Waals surface area contributed by atoms with Gasteiger partial charge in [-0.15, -0.1) is 0 Å². The monoisotopic (exact) mass is 492 g/mol. The molecule has 1 atom stereocenters. The molecule has 0 unspecified atom stereocenters. The van der Waals surface area contributed by atoms with Crippen LogP contribution in [0.25, 0.3) is 0 Å². The average molecular weight is 493 g/mol. The minimum atomic E-state index is -0.632. The second-order valence-corrected chi connectivity index (χ2v) is 9.10. The van der Waals surface area contributed by atoms with E-state index in [9.17, 15) is 9.59 Å².